The molecule has 1 aliphatic heterocycles. The van der Waals surface area contributed by atoms with E-state index in [1.54, 1.807) is 6.07 Å². The topological polar surface area (TPSA) is 96.9 Å². The van der Waals surface area contributed by atoms with Gasteiger partial charge in [-0.05, 0) is 49.2 Å². The zero-order valence-electron chi connectivity index (χ0n) is 15.7. The van der Waals surface area contributed by atoms with E-state index in [0.29, 0.717) is 24.5 Å². The van der Waals surface area contributed by atoms with Gasteiger partial charge in [-0.2, -0.15) is 0 Å². The highest BCUT2D eigenvalue weighted by Crippen LogP contribution is 2.16. The molecule has 0 radical (unpaired) electrons. The van der Waals surface area contributed by atoms with Crippen molar-refractivity contribution in [3.05, 3.63) is 54.3 Å². The molecule has 2 aromatic carbocycles. The average molecular weight is 419 g/mol. The summed E-state index contributed by atoms with van der Waals surface area (Å²) in [6.07, 6.45) is 3.51. The van der Waals surface area contributed by atoms with E-state index in [0.717, 1.165) is 19.3 Å². The molecule has 0 spiro atoms. The zero-order chi connectivity index (χ0) is 20.7. The summed E-state index contributed by atoms with van der Waals surface area (Å²) in [4.78, 5) is 16.3. The molecule has 1 aliphatic rings. The highest BCUT2D eigenvalue weighted by Gasteiger charge is 2.17. The van der Waals surface area contributed by atoms with Crippen LogP contribution in [0.3, 0.4) is 0 Å². The van der Waals surface area contributed by atoms with Crippen molar-refractivity contribution in [2.75, 3.05) is 18.5 Å². The Morgan fingerprint density at radius 3 is 2.66 bits per heavy atom. The number of nitrogens with zero attached hydrogens (tertiary/aromatic N) is 1. The molecule has 0 saturated carbocycles. The fourth-order valence-corrected chi connectivity index (χ4v) is 3.88. The normalized spacial score (nSPS) is 14.4. The monoisotopic (exact) mass is 419 g/mol. The van der Waals surface area contributed by atoms with Gasteiger partial charge in [-0.3, -0.25) is 14.5 Å². The molecule has 0 aliphatic carbocycles. The Bertz CT molecular complexity index is 991. The second-order valence-corrected chi connectivity index (χ2v) is 8.25. The van der Waals surface area contributed by atoms with E-state index < -0.39 is 21.7 Å². The van der Waals surface area contributed by atoms with Crippen molar-refractivity contribution in [1.82, 2.24) is 4.72 Å². The highest BCUT2D eigenvalue weighted by atomic mass is 32.2. The summed E-state index contributed by atoms with van der Waals surface area (Å²) in [5, 5.41) is 2.60. The molecule has 0 atom stereocenters. The number of benzene rings is 2. The van der Waals surface area contributed by atoms with E-state index in [1.165, 1.54) is 42.5 Å². The lowest BCUT2D eigenvalue weighted by Crippen LogP contribution is -2.30. The minimum Gasteiger partial charge on any atom is -0.484 e. The van der Waals surface area contributed by atoms with Gasteiger partial charge in [0, 0.05) is 24.7 Å². The molecule has 29 heavy (non-hydrogen) atoms. The number of ether oxygens (including phenoxy) is 1. The molecule has 0 aromatic heterocycles. The molecule has 7 nitrogen and oxygen atoms in total. The lowest BCUT2D eigenvalue weighted by Gasteiger charge is -2.11. The molecule has 0 saturated heterocycles. The van der Waals surface area contributed by atoms with Crippen LogP contribution in [0.4, 0.5) is 10.1 Å². The van der Waals surface area contributed by atoms with E-state index in [2.05, 4.69) is 15.0 Å². The number of anilines is 1. The van der Waals surface area contributed by atoms with Gasteiger partial charge in [0.15, 0.2) is 6.61 Å². The number of sulfonamides is 1. The minimum absolute atomic E-state index is 0.0819. The minimum atomic E-state index is -3.73. The van der Waals surface area contributed by atoms with E-state index in [1.807, 2.05) is 0 Å². The summed E-state index contributed by atoms with van der Waals surface area (Å²) in [6.45, 7) is 0.325. The van der Waals surface area contributed by atoms with Crippen molar-refractivity contribution >= 4 is 27.5 Å². The summed E-state index contributed by atoms with van der Waals surface area (Å²) in [5.74, 6) is -0.178. The van der Waals surface area contributed by atoms with Crippen molar-refractivity contribution in [3.8, 4) is 5.75 Å². The Hall–Kier alpha value is -2.94. The third kappa shape index (κ3) is 6.28. The molecule has 154 valence electrons. The first-order valence-corrected chi connectivity index (χ1v) is 10.8. The van der Waals surface area contributed by atoms with Gasteiger partial charge in [-0.25, -0.2) is 12.8 Å². The number of hydrogen-bond donors (Lipinski definition) is 2. The van der Waals surface area contributed by atoms with Gasteiger partial charge in [-0.15, -0.1) is 0 Å². The number of amidine groups is 1. The molecule has 0 bridgehead atoms. The molecule has 1 amide bonds. The van der Waals surface area contributed by atoms with Crippen LogP contribution in [0, 0.1) is 5.82 Å². The van der Waals surface area contributed by atoms with E-state index >= 15 is 0 Å². The van der Waals surface area contributed by atoms with Crippen molar-refractivity contribution in [3.63, 3.8) is 0 Å². The number of carbonyl (C=O) groups excluding carboxylic acids is 1. The molecule has 0 fully saturated rings. The highest BCUT2D eigenvalue weighted by molar-refractivity contribution is 7.90. The summed E-state index contributed by atoms with van der Waals surface area (Å²) in [6, 6.07) is 11.3. The first-order valence-electron chi connectivity index (χ1n) is 9.27. The second kappa shape index (κ2) is 9.51. The molecule has 0 unspecified atom stereocenters. The van der Waals surface area contributed by atoms with Gasteiger partial charge in [0.05, 0.1) is 4.90 Å². The van der Waals surface area contributed by atoms with Crippen molar-refractivity contribution in [1.29, 1.82) is 0 Å². The first-order chi connectivity index (χ1) is 13.9. The van der Waals surface area contributed by atoms with Crippen LogP contribution in [0.1, 0.15) is 25.7 Å². The van der Waals surface area contributed by atoms with Gasteiger partial charge in [-0.1, -0.05) is 12.5 Å². The number of amides is 1. The van der Waals surface area contributed by atoms with Gasteiger partial charge < -0.3 is 10.1 Å². The second-order valence-electron chi connectivity index (χ2n) is 6.56. The Kier molecular flexibility index (Phi) is 6.82. The molecular formula is C20H22FN3O4S. The first kappa shape index (κ1) is 20.8. The third-order valence-corrected chi connectivity index (χ3v) is 5.64. The molecular weight excluding hydrogens is 397 g/mol. The summed E-state index contributed by atoms with van der Waals surface area (Å²) in [5.41, 5.74) is 0.420. The van der Waals surface area contributed by atoms with Crippen LogP contribution in [-0.2, 0) is 14.8 Å². The van der Waals surface area contributed by atoms with Crippen molar-refractivity contribution < 1.29 is 22.3 Å². The summed E-state index contributed by atoms with van der Waals surface area (Å²) in [7, 11) is -3.73. The Labute approximate surface area is 169 Å². The van der Waals surface area contributed by atoms with Crippen LogP contribution >= 0.6 is 0 Å². The van der Waals surface area contributed by atoms with Crippen LogP contribution in [0.2, 0.25) is 0 Å². The Morgan fingerprint density at radius 2 is 1.90 bits per heavy atom. The van der Waals surface area contributed by atoms with E-state index in [-0.39, 0.29) is 17.3 Å². The maximum Gasteiger partial charge on any atom is 0.262 e. The predicted octanol–water partition coefficient (Wildman–Crippen LogP) is 3.09. The number of hydrogen-bond acceptors (Lipinski definition) is 5. The van der Waals surface area contributed by atoms with E-state index in [4.69, 9.17) is 4.74 Å². The van der Waals surface area contributed by atoms with Crippen LogP contribution < -0.4 is 14.8 Å². The summed E-state index contributed by atoms with van der Waals surface area (Å²) >= 11 is 0. The molecule has 9 heteroatoms. The Morgan fingerprint density at radius 1 is 1.10 bits per heavy atom. The quantitative estimate of drug-likeness (QED) is 0.752. The van der Waals surface area contributed by atoms with Crippen molar-refractivity contribution in [2.45, 2.75) is 30.6 Å². The number of carbonyl (C=O) groups is 1. The van der Waals surface area contributed by atoms with Crippen molar-refractivity contribution in [2.24, 2.45) is 4.99 Å². The Balaban J connectivity index is 1.56. The average Bonchev–Trinajstić information content (AvgIpc) is 2.95. The SMILES string of the molecule is O=C(COc1cccc(F)c1)Nc1ccc(S(=O)(=O)NC2=NCCCCC2)cc1. The van der Waals surface area contributed by atoms with Gasteiger partial charge in [0.1, 0.15) is 17.4 Å². The molecule has 2 aromatic rings. The maximum atomic E-state index is 13.1. The molecule has 2 N–H and O–H groups in total. The zero-order valence-corrected chi connectivity index (χ0v) is 16.5. The fraction of sp³-hybridized carbons (Fsp3) is 0.300. The van der Waals surface area contributed by atoms with Crippen LogP contribution in [0.15, 0.2) is 58.4 Å². The standard InChI is InChI=1S/C20H22FN3O4S/c21-15-5-4-6-17(13-15)28-14-20(25)23-16-8-10-18(11-9-16)29(26,27)24-19-7-2-1-3-12-22-19/h4-6,8-11,13H,1-3,7,12,14H2,(H,22,24)(H,23,25). The van der Waals surface area contributed by atoms with E-state index in [9.17, 15) is 17.6 Å². The maximum absolute atomic E-state index is 13.1. The predicted molar refractivity (Wildman–Crippen MR) is 108 cm³/mol. The van der Waals surface area contributed by atoms with Gasteiger partial charge >= 0.3 is 0 Å². The number of aliphatic imine (C=N–C) groups is 1. The fourth-order valence-electron chi connectivity index (χ4n) is 2.79. The van der Waals surface area contributed by atoms with Gasteiger partial charge in [0.25, 0.3) is 15.9 Å². The van der Waals surface area contributed by atoms with Crippen LogP contribution in [0.25, 0.3) is 0 Å². The van der Waals surface area contributed by atoms with Crippen LogP contribution in [0.5, 0.6) is 5.75 Å². The van der Waals surface area contributed by atoms with Gasteiger partial charge in [0.2, 0.25) is 0 Å². The number of nitrogens with one attached hydrogen (secondary N) is 2. The molecule has 3 rings (SSSR count). The third-order valence-electron chi connectivity index (χ3n) is 4.24. The number of rotatable bonds is 6. The largest absolute Gasteiger partial charge is 0.484 e. The number of halogens is 1. The smallest absolute Gasteiger partial charge is 0.262 e. The van der Waals surface area contributed by atoms with Crippen LogP contribution in [-0.4, -0.2) is 33.3 Å². The lowest BCUT2D eigenvalue weighted by atomic mass is 10.2. The lowest BCUT2D eigenvalue weighted by molar-refractivity contribution is -0.118. The summed E-state index contributed by atoms with van der Waals surface area (Å²) < 4.78 is 45.9. The molecule has 1 heterocycles.